The van der Waals surface area contributed by atoms with Crippen molar-refractivity contribution in [3.63, 3.8) is 0 Å². The minimum Gasteiger partial charge on any atom is -0.380 e. The molecule has 4 saturated heterocycles. The molecule has 39 heavy (non-hydrogen) atoms. The Morgan fingerprint density at radius 2 is 1.95 bits per heavy atom. The number of hydrogen-bond acceptors (Lipinski definition) is 7. The summed E-state index contributed by atoms with van der Waals surface area (Å²) in [5.41, 5.74) is 6.65. The van der Waals surface area contributed by atoms with E-state index in [4.69, 9.17) is 9.47 Å². The lowest BCUT2D eigenvalue weighted by Gasteiger charge is -2.52. The van der Waals surface area contributed by atoms with Gasteiger partial charge in [0.1, 0.15) is 0 Å². The van der Waals surface area contributed by atoms with E-state index in [9.17, 15) is 18.0 Å². The number of carbonyl (C=O) groups excluding carboxylic acids is 1. The molecule has 222 valence electrons. The van der Waals surface area contributed by atoms with Crippen LogP contribution in [0.4, 0.5) is 13.2 Å². The fraction of sp³-hybridized carbons (Fsp3) is 0.964. The van der Waals surface area contributed by atoms with Crippen LogP contribution in [0, 0.1) is 35.0 Å². The van der Waals surface area contributed by atoms with E-state index in [1.807, 2.05) is 11.8 Å². The number of rotatable bonds is 6. The van der Waals surface area contributed by atoms with Crippen LogP contribution in [0.5, 0.6) is 0 Å². The van der Waals surface area contributed by atoms with E-state index in [2.05, 4.69) is 27.7 Å². The molecule has 7 unspecified atom stereocenters. The number of hydrogen-bond donors (Lipinski definition) is 2. The van der Waals surface area contributed by atoms with E-state index in [-0.39, 0.29) is 48.5 Å². The van der Waals surface area contributed by atoms with Gasteiger partial charge in [0.25, 0.3) is 0 Å². The summed E-state index contributed by atoms with van der Waals surface area (Å²) in [6.45, 7) is 7.29. The summed E-state index contributed by atoms with van der Waals surface area (Å²) in [6.07, 6.45) is 1.66. The maximum Gasteiger partial charge on any atom is 0.392 e. The molecule has 6 rings (SSSR count). The summed E-state index contributed by atoms with van der Waals surface area (Å²) < 4.78 is 54.6. The van der Waals surface area contributed by atoms with Crippen LogP contribution >= 0.6 is 0 Å². The Morgan fingerprint density at radius 3 is 2.62 bits per heavy atom. The molecule has 4 heterocycles. The van der Waals surface area contributed by atoms with Crippen molar-refractivity contribution >= 4 is 5.91 Å². The monoisotopic (exact) mass is 557 g/mol. The van der Waals surface area contributed by atoms with E-state index in [0.29, 0.717) is 25.5 Å². The number of halogens is 3. The molecule has 8 atom stereocenters. The van der Waals surface area contributed by atoms with Crippen LogP contribution in [-0.4, -0.2) is 105 Å². The summed E-state index contributed by atoms with van der Waals surface area (Å²) in [5, 5.41) is 0. The molecule has 0 bridgehead atoms. The largest absolute Gasteiger partial charge is 0.392 e. The first-order chi connectivity index (χ1) is 18.6. The second-order valence-corrected chi connectivity index (χ2v) is 13.5. The van der Waals surface area contributed by atoms with E-state index in [1.165, 1.54) is 0 Å². The zero-order valence-electron chi connectivity index (χ0n) is 23.4. The predicted molar refractivity (Wildman–Crippen MR) is 139 cm³/mol. The van der Waals surface area contributed by atoms with Crippen LogP contribution in [0.15, 0.2) is 0 Å². The Kier molecular flexibility index (Phi) is 7.96. The number of ether oxygens (including phenoxy) is 2. The molecule has 11 heteroatoms. The Morgan fingerprint density at radius 1 is 1.13 bits per heavy atom. The highest BCUT2D eigenvalue weighted by Crippen LogP contribution is 2.53. The average Bonchev–Trinajstić information content (AvgIpc) is 3.43. The minimum atomic E-state index is -4.27. The minimum absolute atomic E-state index is 0.0137. The van der Waals surface area contributed by atoms with Gasteiger partial charge in [0, 0.05) is 43.6 Å². The van der Waals surface area contributed by atoms with Crippen molar-refractivity contribution in [2.75, 3.05) is 59.7 Å². The van der Waals surface area contributed by atoms with Crippen molar-refractivity contribution in [2.24, 2.45) is 35.0 Å². The molecule has 4 aliphatic heterocycles. The number of nitrogens with one attached hydrogen (secondary N) is 2. The zero-order valence-corrected chi connectivity index (χ0v) is 23.4. The number of morpholine rings is 1. The molecule has 0 aromatic rings. The second kappa shape index (κ2) is 11.0. The van der Waals surface area contributed by atoms with Gasteiger partial charge in [-0.15, -0.1) is 0 Å². The number of nitrogens with zero attached hydrogens (tertiary/aromatic N) is 3. The standard InChI is InChI=1S/C28H46F3N5O3/c1-18-12-35(6-7-39-18)13-19-8-22-23(24(9-19)28(29,30)31)14-36(26(22)37)21-5-3-4-20(10-21)27(15-38-16-27)11-25-33-32-17-34(25)2/h18-25,32-33H,3-17H2,1-2H3/t18-,19?,20?,21?,22?,23?,24?,25?/m0/s1. The lowest BCUT2D eigenvalue weighted by molar-refractivity contribution is -0.204. The van der Waals surface area contributed by atoms with Gasteiger partial charge in [-0.05, 0) is 70.3 Å². The van der Waals surface area contributed by atoms with Crippen LogP contribution in [-0.2, 0) is 14.3 Å². The van der Waals surface area contributed by atoms with Crippen LogP contribution in [0.25, 0.3) is 0 Å². The number of hydrazine groups is 1. The number of likely N-dealkylation sites (tertiary alicyclic amines) is 1. The first kappa shape index (κ1) is 28.2. The lowest BCUT2D eigenvalue weighted by atomic mass is 9.64. The molecule has 2 N–H and O–H groups in total. The maximum absolute atomic E-state index is 14.4. The quantitative estimate of drug-likeness (QED) is 0.521. The van der Waals surface area contributed by atoms with Gasteiger partial charge < -0.3 is 14.4 Å². The van der Waals surface area contributed by atoms with Crippen LogP contribution in [0.3, 0.4) is 0 Å². The third-order valence-electron chi connectivity index (χ3n) is 10.9. The van der Waals surface area contributed by atoms with Gasteiger partial charge in [-0.25, -0.2) is 10.9 Å². The van der Waals surface area contributed by atoms with Gasteiger partial charge in [-0.1, -0.05) is 6.42 Å². The summed E-state index contributed by atoms with van der Waals surface area (Å²) in [6, 6.07) is 0.0409. The molecule has 6 fully saturated rings. The molecule has 2 saturated carbocycles. The summed E-state index contributed by atoms with van der Waals surface area (Å²) in [7, 11) is 2.10. The number of alkyl halides is 3. The molecule has 1 amide bonds. The molecule has 0 spiro atoms. The molecule has 2 aliphatic carbocycles. The first-order valence-electron chi connectivity index (χ1n) is 15.1. The molecule has 0 radical (unpaired) electrons. The molecular formula is C28H46F3N5O3. The van der Waals surface area contributed by atoms with Crippen molar-refractivity contribution in [3.8, 4) is 0 Å². The fourth-order valence-electron chi connectivity index (χ4n) is 8.78. The van der Waals surface area contributed by atoms with Gasteiger partial charge >= 0.3 is 6.18 Å². The van der Waals surface area contributed by atoms with Crippen LogP contribution in [0.2, 0.25) is 0 Å². The Hall–Kier alpha value is -0.980. The van der Waals surface area contributed by atoms with Crippen molar-refractivity contribution in [2.45, 2.75) is 76.4 Å². The van der Waals surface area contributed by atoms with Gasteiger partial charge in [0.15, 0.2) is 0 Å². The van der Waals surface area contributed by atoms with E-state index in [1.54, 1.807) is 0 Å². The summed E-state index contributed by atoms with van der Waals surface area (Å²) in [5.74, 6) is -2.20. The van der Waals surface area contributed by atoms with E-state index in [0.717, 1.165) is 65.1 Å². The molecule has 8 nitrogen and oxygen atoms in total. The Balaban J connectivity index is 1.14. The molecule has 6 aliphatic rings. The molecular weight excluding hydrogens is 511 g/mol. The average molecular weight is 558 g/mol. The van der Waals surface area contributed by atoms with Crippen molar-refractivity contribution in [1.29, 1.82) is 0 Å². The van der Waals surface area contributed by atoms with Gasteiger partial charge in [0.05, 0.1) is 44.7 Å². The number of fused-ring (bicyclic) bond motifs is 1. The van der Waals surface area contributed by atoms with Crippen LogP contribution in [0.1, 0.15) is 51.9 Å². The fourth-order valence-corrected chi connectivity index (χ4v) is 8.78. The highest BCUT2D eigenvalue weighted by atomic mass is 19.4. The van der Waals surface area contributed by atoms with Gasteiger partial charge in [0.2, 0.25) is 5.91 Å². The highest BCUT2D eigenvalue weighted by Gasteiger charge is 2.58. The topological polar surface area (TPSA) is 69.3 Å². The van der Waals surface area contributed by atoms with E-state index >= 15 is 0 Å². The van der Waals surface area contributed by atoms with Gasteiger partial charge in [-0.2, -0.15) is 13.2 Å². The van der Waals surface area contributed by atoms with E-state index < -0.39 is 23.9 Å². The maximum atomic E-state index is 14.4. The number of carbonyl (C=O) groups is 1. The van der Waals surface area contributed by atoms with Crippen molar-refractivity contribution < 1.29 is 27.4 Å². The smallest absolute Gasteiger partial charge is 0.380 e. The third-order valence-corrected chi connectivity index (χ3v) is 10.9. The Bertz CT molecular complexity index is 889. The van der Waals surface area contributed by atoms with Crippen molar-refractivity contribution in [1.82, 2.24) is 25.6 Å². The molecule has 0 aromatic heterocycles. The second-order valence-electron chi connectivity index (χ2n) is 13.5. The summed E-state index contributed by atoms with van der Waals surface area (Å²) >= 11 is 0. The normalized spacial score (nSPS) is 42.0. The SMILES string of the molecule is C[C@H]1CN(CC2CC3C(=O)N(C4CCCC(C5(CC6NNCN6C)COC5)C4)CC3C(C(F)(F)F)C2)CCO1. The van der Waals surface area contributed by atoms with Crippen LogP contribution < -0.4 is 10.9 Å². The Labute approximate surface area is 230 Å². The molecule has 0 aromatic carbocycles. The predicted octanol–water partition coefficient (Wildman–Crippen LogP) is 2.66. The van der Waals surface area contributed by atoms with Crippen molar-refractivity contribution in [3.05, 3.63) is 0 Å². The first-order valence-corrected chi connectivity index (χ1v) is 15.1. The zero-order chi connectivity index (χ0) is 27.4. The number of amides is 1. The highest BCUT2D eigenvalue weighted by molar-refractivity contribution is 5.82. The summed E-state index contributed by atoms with van der Waals surface area (Å²) in [4.78, 5) is 20.2. The van der Waals surface area contributed by atoms with Gasteiger partial charge in [-0.3, -0.25) is 14.6 Å². The third kappa shape index (κ3) is 5.60. The lowest BCUT2D eigenvalue weighted by Crippen LogP contribution is -2.56.